The molecule has 1 N–H and O–H groups in total. The molecule has 0 fully saturated rings. The summed E-state index contributed by atoms with van der Waals surface area (Å²) >= 11 is 0. The molecule has 6 heteroatoms. The van der Waals surface area contributed by atoms with Crippen LogP contribution in [0, 0.1) is 5.82 Å². The largest absolute Gasteiger partial charge is 0.573 e. The van der Waals surface area contributed by atoms with Gasteiger partial charge in [0.2, 0.25) is 0 Å². The smallest absolute Gasteiger partial charge is 0.406 e. The van der Waals surface area contributed by atoms with Crippen molar-refractivity contribution < 1.29 is 25.0 Å². The maximum Gasteiger partial charge on any atom is 0.573 e. The SMILES string of the molecule is [2H]C([2H])(NC(C)(C)C)c1cc(OC(F)(F)F)ccc1F. The van der Waals surface area contributed by atoms with Crippen molar-refractivity contribution in [2.45, 2.75) is 39.2 Å². The van der Waals surface area contributed by atoms with E-state index in [9.17, 15) is 17.6 Å². The summed E-state index contributed by atoms with van der Waals surface area (Å²) in [5.41, 5.74) is -1.24. The van der Waals surface area contributed by atoms with Gasteiger partial charge < -0.3 is 10.1 Å². The maximum absolute atomic E-state index is 13.7. The molecule has 0 amide bonds. The van der Waals surface area contributed by atoms with Crippen molar-refractivity contribution in [2.24, 2.45) is 0 Å². The average molecular weight is 267 g/mol. The zero-order chi connectivity index (χ0) is 15.8. The van der Waals surface area contributed by atoms with E-state index in [4.69, 9.17) is 2.74 Å². The molecule has 1 aromatic carbocycles. The highest BCUT2D eigenvalue weighted by Crippen LogP contribution is 2.24. The summed E-state index contributed by atoms with van der Waals surface area (Å²) in [6.45, 7) is 2.61. The van der Waals surface area contributed by atoms with Crippen LogP contribution in [0.1, 0.15) is 29.1 Å². The minimum absolute atomic E-state index is 0.547. The first kappa shape index (κ1) is 11.8. The standard InChI is InChI=1S/C12H15F4NO/c1-11(2,3)17-7-8-6-9(4-5-10(8)13)18-12(14,15)16/h4-6,17H,7H2,1-3H3/i7D2. The zero-order valence-electron chi connectivity index (χ0n) is 12.2. The Balaban J connectivity index is 3.14. The van der Waals surface area contributed by atoms with Crippen LogP contribution in [0.2, 0.25) is 0 Å². The molecule has 102 valence electrons. The van der Waals surface area contributed by atoms with E-state index in [0.717, 1.165) is 12.1 Å². The molecule has 1 rings (SSSR count). The molecular formula is C12H15F4NO. The monoisotopic (exact) mass is 267 g/mol. The van der Waals surface area contributed by atoms with E-state index in [0.29, 0.717) is 6.07 Å². The van der Waals surface area contributed by atoms with E-state index in [-0.39, 0.29) is 0 Å². The number of benzene rings is 1. The van der Waals surface area contributed by atoms with Crippen molar-refractivity contribution >= 4 is 0 Å². The molecule has 0 bridgehead atoms. The minimum atomic E-state index is -4.92. The van der Waals surface area contributed by atoms with Gasteiger partial charge in [-0.15, -0.1) is 13.2 Å². The molecule has 0 saturated carbocycles. The van der Waals surface area contributed by atoms with Crippen LogP contribution in [-0.2, 0) is 6.50 Å². The summed E-state index contributed by atoms with van der Waals surface area (Å²) in [4.78, 5) is 0. The van der Waals surface area contributed by atoms with Gasteiger partial charge in [0, 0.05) is 20.3 Å². The fourth-order valence-corrected chi connectivity index (χ4v) is 1.05. The van der Waals surface area contributed by atoms with E-state index in [1.807, 2.05) is 0 Å². The van der Waals surface area contributed by atoms with Crippen LogP contribution in [-0.4, -0.2) is 11.9 Å². The molecule has 0 radical (unpaired) electrons. The van der Waals surface area contributed by atoms with E-state index in [2.05, 4.69) is 10.1 Å². The van der Waals surface area contributed by atoms with Gasteiger partial charge in [0.05, 0.1) is 0 Å². The number of ether oxygens (including phenoxy) is 1. The molecular weight excluding hydrogens is 250 g/mol. The first-order valence-corrected chi connectivity index (χ1v) is 5.15. The fraction of sp³-hybridized carbons (Fsp3) is 0.500. The molecule has 0 aliphatic rings. The number of nitrogens with one attached hydrogen (secondary N) is 1. The van der Waals surface area contributed by atoms with Gasteiger partial charge >= 0.3 is 6.36 Å². The van der Waals surface area contributed by atoms with Crippen molar-refractivity contribution in [1.29, 1.82) is 0 Å². The molecule has 0 atom stereocenters. The average Bonchev–Trinajstić information content (AvgIpc) is 2.14. The second-order valence-electron chi connectivity index (χ2n) is 4.69. The predicted octanol–water partition coefficient (Wildman–Crippen LogP) is 3.61. The Hall–Kier alpha value is -1.30. The molecule has 18 heavy (non-hydrogen) atoms. The first-order chi connectivity index (χ1) is 8.80. The Bertz CT molecular complexity index is 483. The molecule has 2 nitrogen and oxygen atoms in total. The second-order valence-corrected chi connectivity index (χ2v) is 4.69. The summed E-state index contributed by atoms with van der Waals surface area (Å²) < 4.78 is 69.2. The zero-order valence-corrected chi connectivity index (χ0v) is 10.2. The van der Waals surface area contributed by atoms with Crippen LogP contribution in [0.3, 0.4) is 0 Å². The fourth-order valence-electron chi connectivity index (χ4n) is 1.05. The first-order valence-electron chi connectivity index (χ1n) is 6.15. The van der Waals surface area contributed by atoms with Gasteiger partial charge in [-0.25, -0.2) is 4.39 Å². The summed E-state index contributed by atoms with van der Waals surface area (Å²) in [6, 6.07) is 2.22. The van der Waals surface area contributed by atoms with Gasteiger partial charge in [0.1, 0.15) is 11.6 Å². The lowest BCUT2D eigenvalue weighted by Crippen LogP contribution is -2.35. The number of halogens is 4. The van der Waals surface area contributed by atoms with Gasteiger partial charge in [0.15, 0.2) is 0 Å². The molecule has 0 spiro atoms. The van der Waals surface area contributed by atoms with Gasteiger partial charge in [0.25, 0.3) is 0 Å². The van der Waals surface area contributed by atoms with Crippen molar-refractivity contribution in [2.75, 3.05) is 0 Å². The normalized spacial score (nSPS) is 15.1. The van der Waals surface area contributed by atoms with E-state index in [1.165, 1.54) is 0 Å². The highest BCUT2D eigenvalue weighted by Gasteiger charge is 2.31. The molecule has 0 unspecified atom stereocenters. The van der Waals surface area contributed by atoms with Crippen LogP contribution in [0.5, 0.6) is 5.75 Å². The summed E-state index contributed by atoms with van der Waals surface area (Å²) in [7, 11) is 0. The number of hydrogen-bond donors (Lipinski definition) is 1. The Morgan fingerprint density at radius 2 is 1.89 bits per heavy atom. The summed E-state index contributed by atoms with van der Waals surface area (Å²) in [5.74, 6) is -1.63. The lowest BCUT2D eigenvalue weighted by atomic mass is 10.1. The number of alkyl halides is 3. The van der Waals surface area contributed by atoms with Crippen LogP contribution >= 0.6 is 0 Å². The van der Waals surface area contributed by atoms with Crippen LogP contribution < -0.4 is 10.1 Å². The highest BCUT2D eigenvalue weighted by molar-refractivity contribution is 5.30. The summed E-state index contributed by atoms with van der Waals surface area (Å²) in [6.07, 6.45) is -4.92. The maximum atomic E-state index is 13.7. The van der Waals surface area contributed by atoms with Gasteiger partial charge in [-0.3, -0.25) is 0 Å². The van der Waals surface area contributed by atoms with Gasteiger partial charge in [-0.1, -0.05) is 0 Å². The van der Waals surface area contributed by atoms with Gasteiger partial charge in [-0.2, -0.15) is 0 Å². The molecule has 0 aromatic heterocycles. The molecule has 1 aromatic rings. The van der Waals surface area contributed by atoms with Crippen LogP contribution in [0.4, 0.5) is 17.6 Å². The van der Waals surface area contributed by atoms with E-state index in [1.54, 1.807) is 20.8 Å². The van der Waals surface area contributed by atoms with Crippen molar-refractivity contribution in [3.8, 4) is 5.75 Å². The van der Waals surface area contributed by atoms with Crippen molar-refractivity contribution in [3.05, 3.63) is 29.6 Å². The Morgan fingerprint density at radius 3 is 2.39 bits per heavy atom. The van der Waals surface area contributed by atoms with Crippen LogP contribution in [0.25, 0.3) is 0 Å². The predicted molar refractivity (Wildman–Crippen MR) is 59.7 cm³/mol. The van der Waals surface area contributed by atoms with Crippen molar-refractivity contribution in [1.82, 2.24) is 5.32 Å². The Morgan fingerprint density at radius 1 is 1.28 bits per heavy atom. The highest BCUT2D eigenvalue weighted by atomic mass is 19.4. The molecule has 0 aliphatic heterocycles. The lowest BCUT2D eigenvalue weighted by Gasteiger charge is -2.21. The number of rotatable bonds is 3. The second kappa shape index (κ2) is 5.14. The molecule has 0 aliphatic carbocycles. The number of hydrogen-bond acceptors (Lipinski definition) is 2. The quantitative estimate of drug-likeness (QED) is 0.845. The van der Waals surface area contributed by atoms with E-state index < -0.39 is 35.5 Å². The third kappa shape index (κ3) is 5.35. The topological polar surface area (TPSA) is 21.3 Å². The van der Waals surface area contributed by atoms with E-state index >= 15 is 0 Å². The van der Waals surface area contributed by atoms with Crippen LogP contribution in [0.15, 0.2) is 18.2 Å². The minimum Gasteiger partial charge on any atom is -0.406 e. The Kier molecular flexibility index (Phi) is 3.36. The van der Waals surface area contributed by atoms with Gasteiger partial charge in [-0.05, 0) is 39.0 Å². The van der Waals surface area contributed by atoms with Crippen molar-refractivity contribution in [3.63, 3.8) is 0 Å². The Labute approximate surface area is 106 Å². The molecule has 0 heterocycles. The third-order valence-electron chi connectivity index (χ3n) is 1.74. The summed E-state index contributed by atoms with van der Waals surface area (Å²) in [5, 5.41) is 2.50. The molecule has 0 saturated heterocycles. The third-order valence-corrected chi connectivity index (χ3v) is 1.74. The lowest BCUT2D eigenvalue weighted by molar-refractivity contribution is -0.274.